The molecule has 5 heteroatoms. The number of benzene rings is 1. The Bertz CT molecular complexity index is 566. The van der Waals surface area contributed by atoms with Gasteiger partial charge in [0.05, 0.1) is 4.92 Å². The summed E-state index contributed by atoms with van der Waals surface area (Å²) in [7, 11) is 0. The van der Waals surface area contributed by atoms with Crippen LogP contribution in [-0.2, 0) is 19.5 Å². The van der Waals surface area contributed by atoms with Gasteiger partial charge in [0.15, 0.2) is 0 Å². The summed E-state index contributed by atoms with van der Waals surface area (Å²) in [6.07, 6.45) is 1.02. The Kier molecular flexibility index (Phi) is 4.65. The Morgan fingerprint density at radius 3 is 2.63 bits per heavy atom. The van der Waals surface area contributed by atoms with Crippen molar-refractivity contribution in [2.75, 3.05) is 0 Å². The minimum absolute atomic E-state index is 0.200. The van der Waals surface area contributed by atoms with Gasteiger partial charge in [-0.1, -0.05) is 42.5 Å². The number of nitrogens with one attached hydrogen (secondary N) is 1. The van der Waals surface area contributed by atoms with E-state index in [1.54, 1.807) is 6.07 Å². The van der Waals surface area contributed by atoms with Crippen molar-refractivity contribution in [2.45, 2.75) is 26.4 Å². The molecule has 0 fully saturated rings. The molecule has 0 saturated carbocycles. The lowest BCUT2D eigenvalue weighted by molar-refractivity contribution is -0.380. The molecule has 1 heterocycles. The summed E-state index contributed by atoms with van der Waals surface area (Å²) in [5.41, 5.74) is 3.59. The van der Waals surface area contributed by atoms with Crippen molar-refractivity contribution in [1.29, 1.82) is 0 Å². The fourth-order valence-electron chi connectivity index (χ4n) is 1.97. The topological polar surface area (TPSA) is 55.2 Å². The van der Waals surface area contributed by atoms with E-state index in [4.69, 9.17) is 0 Å². The van der Waals surface area contributed by atoms with E-state index in [9.17, 15) is 10.1 Å². The normalized spacial score (nSPS) is 10.6. The van der Waals surface area contributed by atoms with Crippen molar-refractivity contribution in [3.63, 3.8) is 0 Å². The molecule has 0 bridgehead atoms. The summed E-state index contributed by atoms with van der Waals surface area (Å²) >= 11 is 1.17. The van der Waals surface area contributed by atoms with Crippen LogP contribution < -0.4 is 5.32 Å². The van der Waals surface area contributed by atoms with Gasteiger partial charge in [-0.3, -0.25) is 10.1 Å². The Hall–Kier alpha value is -1.72. The van der Waals surface area contributed by atoms with Crippen LogP contribution in [0.5, 0.6) is 0 Å². The summed E-state index contributed by atoms with van der Waals surface area (Å²) in [5.74, 6) is 0. The summed E-state index contributed by atoms with van der Waals surface area (Å²) in [5, 5.41) is 15.9. The van der Waals surface area contributed by atoms with E-state index in [0.717, 1.165) is 18.5 Å². The van der Waals surface area contributed by atoms with Crippen LogP contribution in [0.4, 0.5) is 5.00 Å². The molecule has 0 amide bonds. The molecular weight excluding hydrogens is 260 g/mol. The predicted molar refractivity (Wildman–Crippen MR) is 77.3 cm³/mol. The molecule has 0 aliphatic rings. The fourth-order valence-corrected chi connectivity index (χ4v) is 2.70. The van der Waals surface area contributed by atoms with Gasteiger partial charge in [-0.15, -0.1) is 0 Å². The average Bonchev–Trinajstić information content (AvgIpc) is 2.88. The molecule has 4 nitrogen and oxygen atoms in total. The van der Waals surface area contributed by atoms with Crippen LogP contribution in [0.2, 0.25) is 0 Å². The van der Waals surface area contributed by atoms with Crippen molar-refractivity contribution in [2.24, 2.45) is 0 Å². The number of nitrogens with zero attached hydrogens (tertiary/aromatic N) is 1. The highest BCUT2D eigenvalue weighted by molar-refractivity contribution is 7.13. The van der Waals surface area contributed by atoms with Crippen LogP contribution >= 0.6 is 11.3 Å². The van der Waals surface area contributed by atoms with E-state index in [1.807, 2.05) is 17.5 Å². The first kappa shape index (κ1) is 13.7. The maximum atomic E-state index is 10.6. The first-order valence-electron chi connectivity index (χ1n) is 6.20. The van der Waals surface area contributed by atoms with Gasteiger partial charge in [0.1, 0.15) is 0 Å². The highest BCUT2D eigenvalue weighted by Gasteiger charge is 2.09. The SMILES string of the molecule is CCc1ccccc1CNCc1csc([N+](=O)[O-])c1. The lowest BCUT2D eigenvalue weighted by atomic mass is 10.1. The third kappa shape index (κ3) is 3.62. The Labute approximate surface area is 116 Å². The van der Waals surface area contributed by atoms with Gasteiger partial charge in [0.2, 0.25) is 0 Å². The second kappa shape index (κ2) is 6.45. The zero-order valence-electron chi connectivity index (χ0n) is 10.8. The van der Waals surface area contributed by atoms with Crippen LogP contribution in [0.15, 0.2) is 35.7 Å². The molecule has 0 unspecified atom stereocenters. The average molecular weight is 276 g/mol. The number of aryl methyl sites for hydroxylation is 1. The van der Waals surface area contributed by atoms with E-state index in [0.29, 0.717) is 6.54 Å². The fraction of sp³-hybridized carbons (Fsp3) is 0.286. The van der Waals surface area contributed by atoms with Gasteiger partial charge in [-0.2, -0.15) is 0 Å². The highest BCUT2D eigenvalue weighted by Crippen LogP contribution is 2.22. The van der Waals surface area contributed by atoms with E-state index >= 15 is 0 Å². The van der Waals surface area contributed by atoms with Crippen molar-refractivity contribution in [3.05, 3.63) is 62.5 Å². The summed E-state index contributed by atoms with van der Waals surface area (Å²) < 4.78 is 0. The van der Waals surface area contributed by atoms with Gasteiger partial charge in [-0.25, -0.2) is 0 Å². The molecule has 0 aliphatic carbocycles. The number of hydrogen-bond acceptors (Lipinski definition) is 4. The Morgan fingerprint density at radius 1 is 1.26 bits per heavy atom. The van der Waals surface area contributed by atoms with Crippen LogP contribution in [0.25, 0.3) is 0 Å². The molecule has 0 atom stereocenters. The molecular formula is C14H16N2O2S. The zero-order valence-corrected chi connectivity index (χ0v) is 11.6. The molecule has 19 heavy (non-hydrogen) atoms. The maximum absolute atomic E-state index is 10.6. The van der Waals surface area contributed by atoms with Crippen LogP contribution in [-0.4, -0.2) is 4.92 Å². The Morgan fingerprint density at radius 2 is 2.00 bits per heavy atom. The summed E-state index contributed by atoms with van der Waals surface area (Å²) in [6, 6.07) is 9.95. The quantitative estimate of drug-likeness (QED) is 0.649. The molecule has 2 aromatic rings. The standard InChI is InChI=1S/C14H16N2O2S/c1-2-12-5-3-4-6-13(12)9-15-8-11-7-14(16(17)18)19-10-11/h3-7,10,15H,2,8-9H2,1H3. The first-order chi connectivity index (χ1) is 9.20. The van der Waals surface area contributed by atoms with E-state index in [2.05, 4.69) is 24.4 Å². The third-order valence-electron chi connectivity index (χ3n) is 2.96. The molecule has 1 N–H and O–H groups in total. The van der Waals surface area contributed by atoms with Gasteiger partial charge >= 0.3 is 5.00 Å². The molecule has 1 aromatic heterocycles. The lowest BCUT2D eigenvalue weighted by Gasteiger charge is -2.08. The third-order valence-corrected chi connectivity index (χ3v) is 3.89. The smallest absolute Gasteiger partial charge is 0.309 e. The minimum atomic E-state index is -0.347. The molecule has 0 saturated heterocycles. The van der Waals surface area contributed by atoms with Crippen molar-refractivity contribution >= 4 is 16.3 Å². The van der Waals surface area contributed by atoms with Crippen molar-refractivity contribution in [3.8, 4) is 0 Å². The molecule has 0 spiro atoms. The van der Waals surface area contributed by atoms with Gasteiger partial charge < -0.3 is 5.32 Å². The maximum Gasteiger partial charge on any atom is 0.324 e. The lowest BCUT2D eigenvalue weighted by Crippen LogP contribution is -2.13. The van der Waals surface area contributed by atoms with Crippen molar-refractivity contribution < 1.29 is 4.92 Å². The molecule has 100 valence electrons. The monoisotopic (exact) mass is 276 g/mol. The number of thiophene rings is 1. The van der Waals surface area contributed by atoms with Gasteiger partial charge in [-0.05, 0) is 23.1 Å². The number of hydrogen-bond donors (Lipinski definition) is 1. The van der Waals surface area contributed by atoms with Crippen molar-refractivity contribution in [1.82, 2.24) is 5.32 Å². The largest absolute Gasteiger partial charge is 0.324 e. The van der Waals surface area contributed by atoms with Gasteiger partial charge in [0, 0.05) is 24.5 Å². The Balaban J connectivity index is 1.90. The predicted octanol–water partition coefficient (Wildman–Crippen LogP) is 3.51. The molecule has 1 aromatic carbocycles. The highest BCUT2D eigenvalue weighted by atomic mass is 32.1. The second-order valence-corrected chi connectivity index (χ2v) is 5.17. The first-order valence-corrected chi connectivity index (χ1v) is 7.08. The number of nitro groups is 1. The second-order valence-electron chi connectivity index (χ2n) is 4.28. The summed E-state index contributed by atoms with van der Waals surface area (Å²) in [6.45, 7) is 3.58. The van der Waals surface area contributed by atoms with E-state index in [-0.39, 0.29) is 9.92 Å². The zero-order chi connectivity index (χ0) is 13.7. The van der Waals surface area contributed by atoms with E-state index < -0.39 is 0 Å². The molecule has 0 aliphatic heterocycles. The van der Waals surface area contributed by atoms with Crippen LogP contribution in [0, 0.1) is 10.1 Å². The number of rotatable bonds is 6. The molecule has 2 rings (SSSR count). The summed E-state index contributed by atoms with van der Waals surface area (Å²) in [4.78, 5) is 10.2. The molecule has 0 radical (unpaired) electrons. The minimum Gasteiger partial charge on any atom is -0.309 e. The van der Waals surface area contributed by atoms with E-state index in [1.165, 1.54) is 22.5 Å². The van der Waals surface area contributed by atoms with Gasteiger partial charge in [0.25, 0.3) is 0 Å². The van der Waals surface area contributed by atoms with Crippen LogP contribution in [0.1, 0.15) is 23.6 Å². The van der Waals surface area contributed by atoms with Crippen LogP contribution in [0.3, 0.4) is 0 Å².